The number of hydrogen-bond donors (Lipinski definition) is 0. The third-order valence-corrected chi connectivity index (χ3v) is 7.58. The number of nitrogens with zero attached hydrogens (tertiary/aromatic N) is 3. The van der Waals surface area contributed by atoms with Gasteiger partial charge in [-0.05, 0) is 80.0 Å². The first-order valence-corrected chi connectivity index (χ1v) is 13.0. The summed E-state index contributed by atoms with van der Waals surface area (Å²) in [6.07, 6.45) is 5.70. The van der Waals surface area contributed by atoms with Crippen LogP contribution in [0, 0.1) is 12.7 Å². The van der Waals surface area contributed by atoms with Crippen LogP contribution in [0.3, 0.4) is 0 Å². The van der Waals surface area contributed by atoms with Crippen LogP contribution in [0.5, 0.6) is 5.75 Å². The minimum absolute atomic E-state index is 0.160. The molecule has 1 saturated heterocycles. The van der Waals surface area contributed by atoms with E-state index in [4.69, 9.17) is 9.72 Å². The Morgan fingerprint density at radius 3 is 2.28 bits per heavy atom. The van der Waals surface area contributed by atoms with Crippen molar-refractivity contribution in [3.05, 3.63) is 98.5 Å². The second-order valence-electron chi connectivity index (χ2n) is 9.81. The predicted molar refractivity (Wildman–Crippen MR) is 141 cm³/mol. The van der Waals surface area contributed by atoms with E-state index in [1.165, 1.54) is 23.3 Å². The van der Waals surface area contributed by atoms with E-state index in [2.05, 4.69) is 17.0 Å². The minimum atomic E-state index is -0.226. The predicted octanol–water partition coefficient (Wildman–Crippen LogP) is 5.18. The van der Waals surface area contributed by atoms with Gasteiger partial charge in [0, 0.05) is 43.9 Å². The molecule has 6 heteroatoms. The van der Waals surface area contributed by atoms with Gasteiger partial charge in [-0.1, -0.05) is 29.8 Å². The molecule has 0 atom stereocenters. The van der Waals surface area contributed by atoms with E-state index in [1.807, 2.05) is 35.8 Å². The van der Waals surface area contributed by atoms with E-state index in [1.54, 1.807) is 7.11 Å². The van der Waals surface area contributed by atoms with Crippen molar-refractivity contribution >= 4 is 5.57 Å². The van der Waals surface area contributed by atoms with Crippen LogP contribution in [0.2, 0.25) is 0 Å². The van der Waals surface area contributed by atoms with Gasteiger partial charge in [0.25, 0.3) is 5.56 Å². The summed E-state index contributed by atoms with van der Waals surface area (Å²) in [7, 11) is 1.67. The number of benzene rings is 2. The Morgan fingerprint density at radius 2 is 1.61 bits per heavy atom. The molecule has 0 bridgehead atoms. The third kappa shape index (κ3) is 5.14. The molecule has 3 aromatic rings. The van der Waals surface area contributed by atoms with Crippen molar-refractivity contribution in [1.82, 2.24) is 14.5 Å². The lowest BCUT2D eigenvalue weighted by atomic mass is 9.88. The number of methoxy groups -OCH3 is 1. The van der Waals surface area contributed by atoms with Gasteiger partial charge in [0.2, 0.25) is 0 Å². The lowest BCUT2D eigenvalue weighted by molar-refractivity contribution is 0.259. The molecule has 2 aliphatic heterocycles. The summed E-state index contributed by atoms with van der Waals surface area (Å²) in [5, 5.41) is 0. The van der Waals surface area contributed by atoms with Gasteiger partial charge in [0.15, 0.2) is 0 Å². The molecule has 2 aromatic carbocycles. The standard InChI is InChI=1S/C30H34FN3O2/c1-21-27(30(35)34-17-4-3-5-28(34)32-21)16-20-33-18-14-24(15-19-33)29(22-6-10-25(31)11-7-22)23-8-12-26(36-2)13-9-23/h6-13H,3-5,14-20H2,1-2H3. The molecule has 36 heavy (non-hydrogen) atoms. The van der Waals surface area contributed by atoms with E-state index in [-0.39, 0.29) is 11.4 Å². The van der Waals surface area contributed by atoms with E-state index in [9.17, 15) is 9.18 Å². The molecular formula is C30H34FN3O2. The Labute approximate surface area is 212 Å². The molecule has 188 valence electrons. The molecule has 1 fully saturated rings. The SMILES string of the molecule is COc1ccc(C(=C2CCN(CCc3c(C)nc4n(c3=O)CCCC4)CC2)c2ccc(F)cc2)cc1. The van der Waals surface area contributed by atoms with Crippen LogP contribution in [0.25, 0.3) is 5.57 Å². The summed E-state index contributed by atoms with van der Waals surface area (Å²) in [6, 6.07) is 14.9. The lowest BCUT2D eigenvalue weighted by Gasteiger charge is -2.30. The van der Waals surface area contributed by atoms with Gasteiger partial charge in [-0.15, -0.1) is 0 Å². The molecule has 0 saturated carbocycles. The number of piperidine rings is 1. The van der Waals surface area contributed by atoms with E-state index in [0.717, 1.165) is 98.7 Å². The average molecular weight is 488 g/mol. The highest BCUT2D eigenvalue weighted by Crippen LogP contribution is 2.33. The molecule has 3 heterocycles. The number of aromatic nitrogens is 2. The van der Waals surface area contributed by atoms with Gasteiger partial charge in [-0.3, -0.25) is 9.36 Å². The van der Waals surface area contributed by atoms with Crippen LogP contribution >= 0.6 is 0 Å². The lowest BCUT2D eigenvalue weighted by Crippen LogP contribution is -2.36. The molecule has 0 spiro atoms. The molecule has 2 aliphatic rings. The molecule has 0 N–H and O–H groups in total. The monoisotopic (exact) mass is 487 g/mol. The van der Waals surface area contributed by atoms with Crippen LogP contribution in [-0.2, 0) is 19.4 Å². The van der Waals surface area contributed by atoms with Crippen molar-refractivity contribution in [1.29, 1.82) is 0 Å². The first-order chi connectivity index (χ1) is 17.5. The van der Waals surface area contributed by atoms with Crippen LogP contribution < -0.4 is 10.3 Å². The first kappa shape index (κ1) is 24.4. The fraction of sp³-hybridized carbons (Fsp3) is 0.400. The number of aryl methyl sites for hydroxylation is 2. The average Bonchev–Trinajstić information content (AvgIpc) is 2.91. The van der Waals surface area contributed by atoms with Gasteiger partial charge in [-0.25, -0.2) is 9.37 Å². The quantitative estimate of drug-likeness (QED) is 0.481. The van der Waals surface area contributed by atoms with Crippen molar-refractivity contribution in [3.63, 3.8) is 0 Å². The van der Waals surface area contributed by atoms with Gasteiger partial charge < -0.3 is 9.64 Å². The van der Waals surface area contributed by atoms with Gasteiger partial charge in [-0.2, -0.15) is 0 Å². The topological polar surface area (TPSA) is 47.4 Å². The molecular weight excluding hydrogens is 453 g/mol. The fourth-order valence-electron chi connectivity index (χ4n) is 5.53. The molecule has 5 rings (SSSR count). The zero-order valence-electron chi connectivity index (χ0n) is 21.2. The number of fused-ring (bicyclic) bond motifs is 1. The highest BCUT2D eigenvalue weighted by Gasteiger charge is 2.21. The van der Waals surface area contributed by atoms with Crippen LogP contribution in [0.15, 0.2) is 58.9 Å². The Morgan fingerprint density at radius 1 is 0.944 bits per heavy atom. The summed E-state index contributed by atoms with van der Waals surface area (Å²) in [4.78, 5) is 20.3. The Hall–Kier alpha value is -3.25. The molecule has 5 nitrogen and oxygen atoms in total. The minimum Gasteiger partial charge on any atom is -0.497 e. The normalized spacial score (nSPS) is 16.0. The van der Waals surface area contributed by atoms with Gasteiger partial charge in [0.1, 0.15) is 17.4 Å². The van der Waals surface area contributed by atoms with Crippen molar-refractivity contribution in [2.45, 2.75) is 52.0 Å². The highest BCUT2D eigenvalue weighted by atomic mass is 19.1. The maximum absolute atomic E-state index is 13.7. The number of halogens is 1. The number of likely N-dealkylation sites (tertiary alicyclic amines) is 1. The fourth-order valence-corrected chi connectivity index (χ4v) is 5.53. The summed E-state index contributed by atoms with van der Waals surface area (Å²) in [5.41, 5.74) is 6.65. The summed E-state index contributed by atoms with van der Waals surface area (Å²) < 4.78 is 20.9. The molecule has 0 aliphatic carbocycles. The Bertz CT molecular complexity index is 1300. The van der Waals surface area contributed by atoms with E-state index < -0.39 is 0 Å². The van der Waals surface area contributed by atoms with Crippen LogP contribution in [-0.4, -0.2) is 41.2 Å². The van der Waals surface area contributed by atoms with Gasteiger partial charge >= 0.3 is 0 Å². The summed E-state index contributed by atoms with van der Waals surface area (Å²) in [6.45, 7) is 5.51. The second-order valence-corrected chi connectivity index (χ2v) is 9.81. The van der Waals surface area contributed by atoms with Crippen molar-refractivity contribution in [2.24, 2.45) is 0 Å². The molecule has 0 unspecified atom stereocenters. The summed E-state index contributed by atoms with van der Waals surface area (Å²) in [5.74, 6) is 1.54. The van der Waals surface area contributed by atoms with Gasteiger partial charge in [0.05, 0.1) is 7.11 Å². The number of ether oxygens (including phenoxy) is 1. The zero-order valence-corrected chi connectivity index (χ0v) is 21.2. The van der Waals surface area contributed by atoms with Crippen molar-refractivity contribution in [3.8, 4) is 5.75 Å². The Kier molecular flexibility index (Phi) is 7.33. The molecule has 0 radical (unpaired) electrons. The van der Waals surface area contributed by atoms with E-state index in [0.29, 0.717) is 0 Å². The van der Waals surface area contributed by atoms with Crippen LogP contribution in [0.4, 0.5) is 4.39 Å². The van der Waals surface area contributed by atoms with Crippen molar-refractivity contribution in [2.75, 3.05) is 26.7 Å². The van der Waals surface area contributed by atoms with Crippen molar-refractivity contribution < 1.29 is 9.13 Å². The maximum Gasteiger partial charge on any atom is 0.256 e. The molecule has 1 aromatic heterocycles. The smallest absolute Gasteiger partial charge is 0.256 e. The Balaban J connectivity index is 1.33. The zero-order chi connectivity index (χ0) is 25.1. The second kappa shape index (κ2) is 10.8. The number of rotatable bonds is 6. The molecule has 0 amide bonds. The van der Waals surface area contributed by atoms with Crippen LogP contribution in [0.1, 0.15) is 53.9 Å². The third-order valence-electron chi connectivity index (χ3n) is 7.58. The highest BCUT2D eigenvalue weighted by molar-refractivity contribution is 5.82. The first-order valence-electron chi connectivity index (χ1n) is 13.0. The largest absolute Gasteiger partial charge is 0.497 e. The summed E-state index contributed by atoms with van der Waals surface area (Å²) >= 11 is 0. The maximum atomic E-state index is 13.7. The van der Waals surface area contributed by atoms with E-state index >= 15 is 0 Å². The number of hydrogen-bond acceptors (Lipinski definition) is 4.